The topological polar surface area (TPSA) is 24.4 Å². The fraction of sp³-hybridized carbons (Fsp3) is 0.417. The molecule has 0 aliphatic carbocycles. The maximum atomic E-state index is 13.5. The first-order valence-electron chi connectivity index (χ1n) is 5.73. The van der Waals surface area contributed by atoms with E-state index in [0.29, 0.717) is 0 Å². The predicted octanol–water partition coefficient (Wildman–Crippen LogP) is 3.92. The predicted molar refractivity (Wildman–Crippen MR) is 68.5 cm³/mol. The third-order valence-corrected chi connectivity index (χ3v) is 3.69. The number of hydrogen-bond acceptors (Lipinski definition) is 3. The third kappa shape index (κ3) is 3.02. The van der Waals surface area contributed by atoms with Gasteiger partial charge in [-0.05, 0) is 13.3 Å². The number of rotatable bonds is 1. The molecule has 0 amide bonds. The van der Waals surface area contributed by atoms with Crippen molar-refractivity contribution in [3.8, 4) is 0 Å². The molecule has 1 heterocycles. The summed E-state index contributed by atoms with van der Waals surface area (Å²) >= 11 is 1.27. The van der Waals surface area contributed by atoms with Crippen molar-refractivity contribution in [2.75, 3.05) is 5.32 Å². The molecule has 7 heteroatoms. The van der Waals surface area contributed by atoms with Gasteiger partial charge < -0.3 is 5.32 Å². The quantitative estimate of drug-likeness (QED) is 0.626. The number of nitrogens with zero attached hydrogens (tertiary/aromatic N) is 1. The highest BCUT2D eigenvalue weighted by atomic mass is 32.2. The van der Waals surface area contributed by atoms with E-state index in [9.17, 15) is 17.6 Å². The van der Waals surface area contributed by atoms with Crippen LogP contribution in [0.25, 0.3) is 0 Å². The van der Waals surface area contributed by atoms with Crippen LogP contribution in [-0.4, -0.2) is 16.5 Å². The van der Waals surface area contributed by atoms with Crippen LogP contribution in [0.3, 0.4) is 0 Å². The largest absolute Gasteiger partial charge is 0.330 e. The molecular formula is C12H12F4N2S. The van der Waals surface area contributed by atoms with Crippen LogP contribution in [0.4, 0.5) is 23.2 Å². The van der Waals surface area contributed by atoms with Gasteiger partial charge in [-0.2, -0.15) is 0 Å². The van der Waals surface area contributed by atoms with E-state index in [1.807, 2.05) is 13.8 Å². The minimum Gasteiger partial charge on any atom is -0.330 e. The van der Waals surface area contributed by atoms with E-state index in [2.05, 4.69) is 10.3 Å². The standard InChI is InChI=1S/C12H12F4N2S/c1-5-3-6(2)19-12(17-5)18-11-9(15)7(13)4-8(14)10(11)16/h4-6H,3H2,1-2H3,(H,17,18). The van der Waals surface area contributed by atoms with E-state index < -0.39 is 29.0 Å². The van der Waals surface area contributed by atoms with Crippen molar-refractivity contribution in [2.45, 2.75) is 31.6 Å². The molecule has 0 spiro atoms. The van der Waals surface area contributed by atoms with Gasteiger partial charge >= 0.3 is 0 Å². The minimum atomic E-state index is -1.45. The van der Waals surface area contributed by atoms with E-state index in [0.717, 1.165) is 6.42 Å². The van der Waals surface area contributed by atoms with Gasteiger partial charge in [0, 0.05) is 11.3 Å². The zero-order valence-corrected chi connectivity index (χ0v) is 11.1. The number of aliphatic imine (C=N–C) groups is 1. The Bertz CT molecular complexity index is 507. The van der Waals surface area contributed by atoms with Gasteiger partial charge in [0.25, 0.3) is 0 Å². The van der Waals surface area contributed by atoms with E-state index >= 15 is 0 Å². The van der Waals surface area contributed by atoms with Gasteiger partial charge in [-0.3, -0.25) is 4.99 Å². The highest BCUT2D eigenvalue weighted by Gasteiger charge is 2.23. The Kier molecular flexibility index (Phi) is 4.03. The van der Waals surface area contributed by atoms with Gasteiger partial charge in [0.2, 0.25) is 0 Å². The Morgan fingerprint density at radius 3 is 2.26 bits per heavy atom. The molecule has 0 radical (unpaired) electrons. The second kappa shape index (κ2) is 5.40. The van der Waals surface area contributed by atoms with E-state index in [1.165, 1.54) is 11.8 Å². The molecule has 0 saturated heterocycles. The second-order valence-corrected chi connectivity index (χ2v) is 5.84. The van der Waals surface area contributed by atoms with Crippen LogP contribution in [-0.2, 0) is 0 Å². The van der Waals surface area contributed by atoms with Crippen molar-refractivity contribution < 1.29 is 17.6 Å². The van der Waals surface area contributed by atoms with Gasteiger partial charge in [0.05, 0.1) is 6.04 Å². The Morgan fingerprint density at radius 2 is 1.74 bits per heavy atom. The Labute approximate surface area is 112 Å². The molecule has 0 aromatic heterocycles. The fourth-order valence-electron chi connectivity index (χ4n) is 1.85. The van der Waals surface area contributed by atoms with Crippen LogP contribution >= 0.6 is 11.8 Å². The molecule has 19 heavy (non-hydrogen) atoms. The first-order chi connectivity index (χ1) is 8.88. The fourth-order valence-corrected chi connectivity index (χ4v) is 3.01. The Morgan fingerprint density at radius 1 is 1.16 bits per heavy atom. The van der Waals surface area contributed by atoms with Crippen LogP contribution in [0.5, 0.6) is 0 Å². The smallest absolute Gasteiger partial charge is 0.185 e. The summed E-state index contributed by atoms with van der Waals surface area (Å²) in [6, 6.07) is 0.167. The SMILES string of the molecule is CC1CC(C)SC(Nc2c(F)c(F)cc(F)c2F)=N1. The minimum absolute atomic E-state index is 0.0109. The van der Waals surface area contributed by atoms with Gasteiger partial charge in [-0.15, -0.1) is 0 Å². The van der Waals surface area contributed by atoms with Crippen LogP contribution in [0.2, 0.25) is 0 Å². The number of amidine groups is 1. The molecule has 104 valence electrons. The number of anilines is 1. The molecule has 2 nitrogen and oxygen atoms in total. The molecule has 0 fully saturated rings. The molecule has 0 bridgehead atoms. The van der Waals surface area contributed by atoms with Gasteiger partial charge in [-0.1, -0.05) is 18.7 Å². The first-order valence-corrected chi connectivity index (χ1v) is 6.61. The molecule has 1 aromatic rings. The molecule has 2 unspecified atom stereocenters. The highest BCUT2D eigenvalue weighted by molar-refractivity contribution is 8.14. The van der Waals surface area contributed by atoms with Crippen molar-refractivity contribution in [2.24, 2.45) is 4.99 Å². The lowest BCUT2D eigenvalue weighted by atomic mass is 10.2. The summed E-state index contributed by atoms with van der Waals surface area (Å²) in [6.45, 7) is 3.80. The molecular weight excluding hydrogens is 280 g/mol. The number of hydrogen-bond donors (Lipinski definition) is 1. The van der Waals surface area contributed by atoms with E-state index in [4.69, 9.17) is 0 Å². The van der Waals surface area contributed by atoms with Crippen molar-refractivity contribution >= 4 is 22.6 Å². The molecule has 1 aromatic carbocycles. The zero-order valence-electron chi connectivity index (χ0n) is 10.3. The number of thioether (sulfide) groups is 1. The van der Waals surface area contributed by atoms with Crippen molar-refractivity contribution in [3.63, 3.8) is 0 Å². The zero-order chi connectivity index (χ0) is 14.2. The Hall–Kier alpha value is -1.24. The summed E-state index contributed by atoms with van der Waals surface area (Å²) in [5, 5.41) is 2.81. The normalized spacial score (nSPS) is 23.2. The average molecular weight is 292 g/mol. The maximum absolute atomic E-state index is 13.5. The lowest BCUT2D eigenvalue weighted by Crippen LogP contribution is -2.24. The summed E-state index contributed by atoms with van der Waals surface area (Å²) in [5.74, 6) is -5.78. The van der Waals surface area contributed by atoms with Crippen LogP contribution in [0, 0.1) is 23.3 Å². The number of halogens is 4. The molecule has 1 aliphatic rings. The van der Waals surface area contributed by atoms with Crippen molar-refractivity contribution in [1.29, 1.82) is 0 Å². The average Bonchev–Trinajstić information content (AvgIpc) is 2.31. The van der Waals surface area contributed by atoms with Gasteiger partial charge in [0.1, 0.15) is 5.69 Å². The van der Waals surface area contributed by atoms with E-state index in [-0.39, 0.29) is 22.5 Å². The Balaban J connectivity index is 2.34. The molecule has 1 aliphatic heterocycles. The molecule has 1 N–H and O–H groups in total. The second-order valence-electron chi connectivity index (χ2n) is 4.42. The maximum Gasteiger partial charge on any atom is 0.185 e. The van der Waals surface area contributed by atoms with Crippen molar-refractivity contribution in [1.82, 2.24) is 0 Å². The summed E-state index contributed by atoms with van der Waals surface area (Å²) in [6.07, 6.45) is 0.832. The molecule has 0 saturated carbocycles. The number of benzene rings is 1. The summed E-state index contributed by atoms with van der Waals surface area (Å²) < 4.78 is 53.1. The third-order valence-electron chi connectivity index (χ3n) is 2.67. The summed E-state index contributed by atoms with van der Waals surface area (Å²) in [4.78, 5) is 4.16. The summed E-state index contributed by atoms with van der Waals surface area (Å²) in [7, 11) is 0. The van der Waals surface area contributed by atoms with Gasteiger partial charge in [0.15, 0.2) is 28.4 Å². The summed E-state index contributed by atoms with van der Waals surface area (Å²) in [5.41, 5.74) is -0.843. The molecule has 2 atom stereocenters. The lowest BCUT2D eigenvalue weighted by molar-refractivity contribution is 0.459. The monoisotopic (exact) mass is 292 g/mol. The number of nitrogens with one attached hydrogen (secondary N) is 1. The highest BCUT2D eigenvalue weighted by Crippen LogP contribution is 2.29. The first kappa shape index (κ1) is 14.2. The van der Waals surface area contributed by atoms with Crippen LogP contribution in [0.15, 0.2) is 11.1 Å². The van der Waals surface area contributed by atoms with Crippen molar-refractivity contribution in [3.05, 3.63) is 29.3 Å². The van der Waals surface area contributed by atoms with Crippen LogP contribution < -0.4 is 5.32 Å². The molecule has 2 rings (SSSR count). The lowest BCUT2D eigenvalue weighted by Gasteiger charge is -2.23. The van der Waals surface area contributed by atoms with E-state index in [1.54, 1.807) is 0 Å². The van der Waals surface area contributed by atoms with Crippen LogP contribution in [0.1, 0.15) is 20.3 Å². The van der Waals surface area contributed by atoms with Gasteiger partial charge in [-0.25, -0.2) is 17.6 Å².